The normalized spacial score (nSPS) is 30.7. The van der Waals surface area contributed by atoms with Crippen LogP contribution in [-0.4, -0.2) is 40.4 Å². The van der Waals surface area contributed by atoms with Gasteiger partial charge in [-0.15, -0.1) is 0 Å². The minimum absolute atomic E-state index is 0. The van der Waals surface area contributed by atoms with Crippen molar-refractivity contribution in [1.82, 2.24) is 0 Å². The average molecular weight is 438 g/mol. The Morgan fingerprint density at radius 1 is 1.40 bits per heavy atom. The molecule has 0 radical (unpaired) electrons. The van der Waals surface area contributed by atoms with Gasteiger partial charge in [0.05, 0.1) is 18.1 Å². The molecular formula is C22H33F2NaO5. The van der Waals surface area contributed by atoms with Gasteiger partial charge in [-0.2, -0.15) is 8.78 Å². The SMILES string of the molecule is CCCC[C@H](C)C[C@H](O)C=C[C@@H]1[C@@H]2[C@H](C[C@H]1O)OC(=CCCCC(=O)[O-])C2(F)F.[Na+]. The number of fused-ring (bicyclic) bond motifs is 1. The smallest absolute Gasteiger partial charge is 0.550 e. The molecular weight excluding hydrogens is 405 g/mol. The van der Waals surface area contributed by atoms with Crippen molar-refractivity contribution in [2.75, 3.05) is 0 Å². The molecule has 0 aromatic heterocycles. The number of allylic oxidation sites excluding steroid dienone is 2. The van der Waals surface area contributed by atoms with Crippen LogP contribution >= 0.6 is 0 Å². The minimum atomic E-state index is -3.24. The molecule has 6 atom stereocenters. The molecule has 1 aliphatic heterocycles. The summed E-state index contributed by atoms with van der Waals surface area (Å²) in [5, 5.41) is 30.9. The van der Waals surface area contributed by atoms with Gasteiger partial charge in [-0.25, -0.2) is 0 Å². The van der Waals surface area contributed by atoms with Crippen LogP contribution < -0.4 is 34.7 Å². The van der Waals surface area contributed by atoms with Gasteiger partial charge in [0.15, 0.2) is 5.76 Å². The maximum atomic E-state index is 14.9. The third-order valence-corrected chi connectivity index (χ3v) is 5.92. The first-order valence-corrected chi connectivity index (χ1v) is 10.7. The number of hydrogen-bond acceptors (Lipinski definition) is 5. The number of halogens is 2. The fourth-order valence-corrected chi connectivity index (χ4v) is 4.36. The Kier molecular flexibility index (Phi) is 11.5. The van der Waals surface area contributed by atoms with Crippen LogP contribution in [0.2, 0.25) is 0 Å². The fraction of sp³-hybridized carbons (Fsp3) is 0.773. The number of aliphatic hydroxyl groups excluding tert-OH is 2. The zero-order valence-electron chi connectivity index (χ0n) is 18.2. The minimum Gasteiger partial charge on any atom is -0.550 e. The summed E-state index contributed by atoms with van der Waals surface area (Å²) in [5.74, 6) is -6.55. The molecule has 2 fully saturated rings. The first-order chi connectivity index (χ1) is 13.7. The molecule has 1 heterocycles. The van der Waals surface area contributed by atoms with Gasteiger partial charge in [-0.05, 0) is 37.7 Å². The van der Waals surface area contributed by atoms with Crippen molar-refractivity contribution < 1.29 is 63.2 Å². The summed E-state index contributed by atoms with van der Waals surface area (Å²) in [6.45, 7) is 4.17. The molecule has 2 rings (SSSR count). The molecule has 0 spiro atoms. The van der Waals surface area contributed by atoms with Crippen molar-refractivity contribution >= 4 is 5.97 Å². The number of unbranched alkanes of at least 4 members (excludes halogenated alkanes) is 2. The van der Waals surface area contributed by atoms with Crippen LogP contribution in [0.15, 0.2) is 24.0 Å². The van der Waals surface area contributed by atoms with E-state index in [4.69, 9.17) is 4.74 Å². The van der Waals surface area contributed by atoms with Crippen LogP contribution in [0, 0.1) is 17.8 Å². The van der Waals surface area contributed by atoms with Gasteiger partial charge in [0, 0.05) is 18.3 Å². The molecule has 5 nitrogen and oxygen atoms in total. The zero-order valence-corrected chi connectivity index (χ0v) is 20.2. The van der Waals surface area contributed by atoms with Gasteiger partial charge in [-0.3, -0.25) is 0 Å². The van der Waals surface area contributed by atoms with Crippen molar-refractivity contribution in [3.63, 3.8) is 0 Å². The van der Waals surface area contributed by atoms with E-state index in [2.05, 4.69) is 13.8 Å². The van der Waals surface area contributed by atoms with E-state index < -0.39 is 47.8 Å². The summed E-state index contributed by atoms with van der Waals surface area (Å²) in [6.07, 6.45) is 5.84. The molecule has 0 unspecified atom stereocenters. The number of aliphatic carboxylic acids is 1. The van der Waals surface area contributed by atoms with Crippen LogP contribution in [0.4, 0.5) is 8.78 Å². The summed E-state index contributed by atoms with van der Waals surface area (Å²) in [4.78, 5) is 10.4. The Morgan fingerprint density at radius 3 is 2.73 bits per heavy atom. The van der Waals surface area contributed by atoms with Crippen molar-refractivity contribution in [1.29, 1.82) is 0 Å². The standard InChI is InChI=1S/C22H34F2O5.Na/c1-3-4-7-14(2)12-15(25)10-11-16-17(26)13-18-21(16)22(23,24)19(29-18)8-5-6-9-20(27)28;/h8,10-11,14-18,21,25-26H,3-7,9,12-13H2,1-2H3,(H,27,28);/q;+1/p-1/t14-,15+,16-,17+,18-,21+;/m0./s1. The third-order valence-electron chi connectivity index (χ3n) is 5.92. The van der Waals surface area contributed by atoms with Crippen molar-refractivity contribution in [3.05, 3.63) is 24.0 Å². The third kappa shape index (κ3) is 7.30. The largest absolute Gasteiger partial charge is 1.00 e. The zero-order chi connectivity index (χ0) is 21.6. The first kappa shape index (κ1) is 27.6. The van der Waals surface area contributed by atoms with Crippen LogP contribution in [0.1, 0.15) is 65.2 Å². The molecule has 0 amide bonds. The molecule has 1 saturated heterocycles. The molecule has 0 bridgehead atoms. The molecule has 8 heteroatoms. The Balaban J connectivity index is 0.00000450. The number of aliphatic hydroxyl groups is 2. The predicted molar refractivity (Wildman–Crippen MR) is 103 cm³/mol. The van der Waals surface area contributed by atoms with Crippen LogP contribution in [0.5, 0.6) is 0 Å². The van der Waals surface area contributed by atoms with E-state index in [9.17, 15) is 28.9 Å². The Bertz CT molecular complexity index is 610. The number of carbonyl (C=O) groups excluding carboxylic acids is 1. The summed E-state index contributed by atoms with van der Waals surface area (Å²) < 4.78 is 35.3. The molecule has 30 heavy (non-hydrogen) atoms. The Hall–Kier alpha value is -0.470. The molecule has 1 aliphatic carbocycles. The van der Waals surface area contributed by atoms with E-state index in [0.717, 1.165) is 19.3 Å². The predicted octanol–water partition coefficient (Wildman–Crippen LogP) is -0.0409. The fourth-order valence-electron chi connectivity index (χ4n) is 4.36. The molecule has 1 saturated carbocycles. The van der Waals surface area contributed by atoms with Crippen molar-refractivity contribution in [2.24, 2.45) is 17.8 Å². The summed E-state index contributed by atoms with van der Waals surface area (Å²) in [5.41, 5.74) is 0. The van der Waals surface area contributed by atoms with Gasteiger partial charge in [-0.1, -0.05) is 45.3 Å². The number of hydrogen-bond donors (Lipinski definition) is 2. The summed E-state index contributed by atoms with van der Waals surface area (Å²) >= 11 is 0. The van der Waals surface area contributed by atoms with Crippen LogP contribution in [0.3, 0.4) is 0 Å². The molecule has 0 aromatic rings. The molecule has 2 aliphatic rings. The van der Waals surface area contributed by atoms with Crippen LogP contribution in [-0.2, 0) is 9.53 Å². The van der Waals surface area contributed by atoms with Crippen LogP contribution in [0.25, 0.3) is 0 Å². The van der Waals surface area contributed by atoms with E-state index in [0.29, 0.717) is 12.3 Å². The second-order valence-corrected chi connectivity index (χ2v) is 8.45. The molecule has 166 valence electrons. The number of carboxylic acids is 1. The van der Waals surface area contributed by atoms with E-state index in [-0.39, 0.29) is 55.2 Å². The van der Waals surface area contributed by atoms with E-state index in [1.807, 2.05) is 0 Å². The number of carbonyl (C=O) groups is 1. The molecule has 0 aromatic carbocycles. The monoisotopic (exact) mass is 438 g/mol. The van der Waals surface area contributed by atoms with E-state index >= 15 is 0 Å². The van der Waals surface area contributed by atoms with Gasteiger partial charge < -0.3 is 24.9 Å². The Labute approximate surface area is 199 Å². The maximum absolute atomic E-state index is 14.9. The number of carboxylic acid groups (broad SMARTS) is 1. The van der Waals surface area contributed by atoms with Gasteiger partial charge in [0.25, 0.3) is 0 Å². The average Bonchev–Trinajstić information content (AvgIpc) is 3.07. The number of ether oxygens (including phenoxy) is 1. The second kappa shape index (κ2) is 12.5. The summed E-state index contributed by atoms with van der Waals surface area (Å²) in [6, 6.07) is 0. The Morgan fingerprint density at radius 2 is 2.10 bits per heavy atom. The topological polar surface area (TPSA) is 89.8 Å². The number of alkyl halides is 2. The maximum Gasteiger partial charge on any atom is 1.00 e. The first-order valence-electron chi connectivity index (χ1n) is 10.7. The van der Waals surface area contributed by atoms with Gasteiger partial charge >= 0.3 is 35.5 Å². The number of rotatable bonds is 11. The summed E-state index contributed by atoms with van der Waals surface area (Å²) in [7, 11) is 0. The quantitative estimate of drug-likeness (QED) is 0.268. The second-order valence-electron chi connectivity index (χ2n) is 8.45. The van der Waals surface area contributed by atoms with Crippen molar-refractivity contribution in [3.8, 4) is 0 Å². The van der Waals surface area contributed by atoms with E-state index in [1.165, 1.54) is 18.2 Å². The molecule has 2 N–H and O–H groups in total. The van der Waals surface area contributed by atoms with Crippen molar-refractivity contribution in [2.45, 2.75) is 89.4 Å². The van der Waals surface area contributed by atoms with Gasteiger partial charge in [0.2, 0.25) is 0 Å². The van der Waals surface area contributed by atoms with E-state index in [1.54, 1.807) is 0 Å². The van der Waals surface area contributed by atoms with Gasteiger partial charge in [0.1, 0.15) is 6.10 Å².